The maximum absolute atomic E-state index is 13.2. The third-order valence-electron chi connectivity index (χ3n) is 6.03. The van der Waals surface area contributed by atoms with Gasteiger partial charge in [0.25, 0.3) is 0 Å². The van der Waals surface area contributed by atoms with Gasteiger partial charge in [0, 0.05) is 20.0 Å². The molecule has 2 aromatic carbocycles. The Labute approximate surface area is 201 Å². The lowest BCUT2D eigenvalue weighted by molar-refractivity contribution is -0.140. The van der Waals surface area contributed by atoms with Crippen LogP contribution in [0.25, 0.3) is 11.0 Å². The summed E-state index contributed by atoms with van der Waals surface area (Å²) in [5.41, 5.74) is 3.28. The monoisotopic (exact) mass is 478 g/mol. The average molecular weight is 479 g/mol. The standard InChI is InChI=1S/C24H26N6O5/c1-29-20-10-8-16(11-19(20)27-28-29)13-25-22(32)21-12-17(31)14-30(21)23(33)18(26-24(34)35)9-7-15-5-3-2-4-6-15/h2-6,8,10-11,18,21,26H,7,9,12-14H2,1H3,(H,25,32)(H,34,35)/t18?,21-/m0/s1. The molecule has 3 aromatic rings. The van der Waals surface area contributed by atoms with Crippen LogP contribution in [0.15, 0.2) is 48.5 Å². The van der Waals surface area contributed by atoms with Gasteiger partial charge in [-0.1, -0.05) is 41.6 Å². The number of aryl methyl sites for hydroxylation is 2. The first-order valence-corrected chi connectivity index (χ1v) is 11.2. The Morgan fingerprint density at radius 2 is 1.91 bits per heavy atom. The molecule has 3 N–H and O–H groups in total. The number of hydrogen-bond donors (Lipinski definition) is 3. The zero-order valence-electron chi connectivity index (χ0n) is 19.2. The fraction of sp³-hybridized carbons (Fsp3) is 0.333. The van der Waals surface area contributed by atoms with Crippen molar-refractivity contribution in [3.8, 4) is 0 Å². The van der Waals surface area contributed by atoms with E-state index in [2.05, 4.69) is 20.9 Å². The smallest absolute Gasteiger partial charge is 0.405 e. The van der Waals surface area contributed by atoms with Crippen molar-refractivity contribution in [1.29, 1.82) is 0 Å². The van der Waals surface area contributed by atoms with Gasteiger partial charge in [-0.05, 0) is 36.1 Å². The van der Waals surface area contributed by atoms with Gasteiger partial charge in [0.1, 0.15) is 17.6 Å². The lowest BCUT2D eigenvalue weighted by atomic mass is 10.0. The number of amides is 3. The zero-order valence-corrected chi connectivity index (χ0v) is 19.2. The number of likely N-dealkylation sites (tertiary alicyclic amines) is 1. The molecule has 1 fully saturated rings. The maximum atomic E-state index is 13.2. The second kappa shape index (κ2) is 10.3. The number of nitrogens with one attached hydrogen (secondary N) is 2. The second-order valence-corrected chi connectivity index (χ2v) is 8.51. The van der Waals surface area contributed by atoms with Crippen LogP contribution in [0.4, 0.5) is 4.79 Å². The molecule has 11 nitrogen and oxygen atoms in total. The van der Waals surface area contributed by atoms with E-state index in [0.717, 1.165) is 16.6 Å². The molecule has 4 rings (SSSR count). The predicted molar refractivity (Wildman–Crippen MR) is 125 cm³/mol. The topological polar surface area (TPSA) is 147 Å². The number of hydrogen-bond acceptors (Lipinski definition) is 6. The number of carbonyl (C=O) groups excluding carboxylic acids is 3. The molecule has 0 radical (unpaired) electrons. The van der Waals surface area contributed by atoms with Gasteiger partial charge in [0.2, 0.25) is 11.8 Å². The first-order chi connectivity index (χ1) is 16.8. The van der Waals surface area contributed by atoms with Gasteiger partial charge in [0.15, 0.2) is 5.78 Å². The molecule has 1 aliphatic rings. The molecule has 35 heavy (non-hydrogen) atoms. The predicted octanol–water partition coefficient (Wildman–Crippen LogP) is 1.02. The van der Waals surface area contributed by atoms with Crippen molar-refractivity contribution in [1.82, 2.24) is 30.5 Å². The highest BCUT2D eigenvalue weighted by atomic mass is 16.4. The highest BCUT2D eigenvalue weighted by molar-refractivity contribution is 6.00. The molecule has 0 spiro atoms. The van der Waals surface area contributed by atoms with Crippen LogP contribution in [0.5, 0.6) is 0 Å². The molecule has 3 amide bonds. The Balaban J connectivity index is 1.43. The highest BCUT2D eigenvalue weighted by Gasteiger charge is 2.41. The largest absolute Gasteiger partial charge is 0.465 e. The first-order valence-electron chi connectivity index (χ1n) is 11.2. The Kier molecular flexibility index (Phi) is 7.04. The molecule has 11 heteroatoms. The summed E-state index contributed by atoms with van der Waals surface area (Å²) in [4.78, 5) is 50.9. The fourth-order valence-electron chi connectivity index (χ4n) is 4.22. The first kappa shape index (κ1) is 23.9. The number of rotatable bonds is 8. The molecule has 182 valence electrons. The number of aromatic nitrogens is 3. The molecule has 0 aliphatic carbocycles. The number of ketones is 1. The van der Waals surface area contributed by atoms with Crippen LogP contribution >= 0.6 is 0 Å². The van der Waals surface area contributed by atoms with E-state index in [1.165, 1.54) is 4.90 Å². The quantitative estimate of drug-likeness (QED) is 0.438. The summed E-state index contributed by atoms with van der Waals surface area (Å²) in [7, 11) is 1.78. The molecular weight excluding hydrogens is 452 g/mol. The summed E-state index contributed by atoms with van der Waals surface area (Å²) in [6.45, 7) is -0.0471. The van der Waals surface area contributed by atoms with Crippen molar-refractivity contribution < 1.29 is 24.3 Å². The minimum Gasteiger partial charge on any atom is -0.465 e. The van der Waals surface area contributed by atoms with E-state index in [-0.39, 0.29) is 31.7 Å². The Hall–Kier alpha value is -4.28. The molecule has 2 heterocycles. The van der Waals surface area contributed by atoms with E-state index in [4.69, 9.17) is 0 Å². The van der Waals surface area contributed by atoms with Crippen LogP contribution in [-0.2, 0) is 34.4 Å². The Bertz CT molecular complexity index is 1260. The second-order valence-electron chi connectivity index (χ2n) is 8.51. The fourth-order valence-corrected chi connectivity index (χ4v) is 4.22. The van der Waals surface area contributed by atoms with Crippen molar-refractivity contribution in [3.63, 3.8) is 0 Å². The third-order valence-corrected chi connectivity index (χ3v) is 6.03. The molecule has 1 unspecified atom stereocenters. The van der Waals surface area contributed by atoms with Gasteiger partial charge in [-0.25, -0.2) is 9.48 Å². The number of benzene rings is 2. The lowest BCUT2D eigenvalue weighted by Crippen LogP contribution is -2.53. The van der Waals surface area contributed by atoms with Crippen LogP contribution in [0.3, 0.4) is 0 Å². The van der Waals surface area contributed by atoms with Crippen molar-refractivity contribution in [2.75, 3.05) is 6.54 Å². The van der Waals surface area contributed by atoms with Crippen LogP contribution in [0.1, 0.15) is 24.0 Å². The molecule has 0 bridgehead atoms. The van der Waals surface area contributed by atoms with E-state index in [1.54, 1.807) is 11.7 Å². The molecule has 1 aliphatic heterocycles. The van der Waals surface area contributed by atoms with Gasteiger partial charge in [-0.3, -0.25) is 14.4 Å². The van der Waals surface area contributed by atoms with Gasteiger partial charge in [-0.15, -0.1) is 5.10 Å². The van der Waals surface area contributed by atoms with Gasteiger partial charge >= 0.3 is 6.09 Å². The van der Waals surface area contributed by atoms with E-state index >= 15 is 0 Å². The highest BCUT2D eigenvalue weighted by Crippen LogP contribution is 2.19. The Morgan fingerprint density at radius 1 is 1.14 bits per heavy atom. The van der Waals surface area contributed by atoms with E-state index in [9.17, 15) is 24.3 Å². The van der Waals surface area contributed by atoms with Crippen LogP contribution < -0.4 is 10.6 Å². The summed E-state index contributed by atoms with van der Waals surface area (Å²) in [5.74, 6) is -1.31. The summed E-state index contributed by atoms with van der Waals surface area (Å²) >= 11 is 0. The number of carboxylic acid groups (broad SMARTS) is 1. The number of nitrogens with zero attached hydrogens (tertiary/aromatic N) is 4. The van der Waals surface area contributed by atoms with Crippen molar-refractivity contribution in [3.05, 3.63) is 59.7 Å². The third kappa shape index (κ3) is 5.62. The molecular formula is C24H26N6O5. The molecule has 2 atom stereocenters. The minimum atomic E-state index is -1.35. The summed E-state index contributed by atoms with van der Waals surface area (Å²) in [6.07, 6.45) is -0.797. The molecule has 1 aromatic heterocycles. The SMILES string of the molecule is Cn1nnc2cc(CNC(=O)[C@@H]3CC(=O)CN3C(=O)C(CCc3ccccc3)NC(=O)O)ccc21. The van der Waals surface area contributed by atoms with Crippen LogP contribution in [0, 0.1) is 0 Å². The number of carbonyl (C=O) groups is 4. The van der Waals surface area contributed by atoms with Gasteiger partial charge in [-0.2, -0.15) is 0 Å². The lowest BCUT2D eigenvalue weighted by Gasteiger charge is -2.27. The van der Waals surface area contributed by atoms with E-state index < -0.39 is 30.0 Å². The van der Waals surface area contributed by atoms with E-state index in [0.29, 0.717) is 11.9 Å². The summed E-state index contributed by atoms with van der Waals surface area (Å²) in [6, 6.07) is 12.8. The molecule has 1 saturated heterocycles. The number of Topliss-reactive ketones (excluding diaryl/α,β-unsaturated/α-hetero) is 1. The van der Waals surface area contributed by atoms with Crippen LogP contribution in [0.2, 0.25) is 0 Å². The van der Waals surface area contributed by atoms with Crippen molar-refractivity contribution in [2.24, 2.45) is 7.05 Å². The van der Waals surface area contributed by atoms with Gasteiger partial charge < -0.3 is 20.6 Å². The number of fused-ring (bicyclic) bond motifs is 1. The summed E-state index contributed by atoms with van der Waals surface area (Å²) < 4.78 is 1.64. The zero-order chi connectivity index (χ0) is 24.9. The van der Waals surface area contributed by atoms with Crippen molar-refractivity contribution in [2.45, 2.75) is 37.9 Å². The summed E-state index contributed by atoms with van der Waals surface area (Å²) in [5, 5.41) is 22.3. The maximum Gasteiger partial charge on any atom is 0.405 e. The van der Waals surface area contributed by atoms with Gasteiger partial charge in [0.05, 0.1) is 12.1 Å². The average Bonchev–Trinajstić information content (AvgIpc) is 3.42. The minimum absolute atomic E-state index is 0.112. The normalized spacial score (nSPS) is 16.3. The Morgan fingerprint density at radius 3 is 2.66 bits per heavy atom. The van der Waals surface area contributed by atoms with E-state index in [1.807, 2.05) is 48.5 Å². The van der Waals surface area contributed by atoms with Crippen LogP contribution in [-0.4, -0.2) is 67.3 Å². The van der Waals surface area contributed by atoms with Crippen molar-refractivity contribution >= 4 is 34.7 Å². The molecule has 0 saturated carbocycles.